The fourth-order valence-corrected chi connectivity index (χ4v) is 2.25. The summed E-state index contributed by atoms with van der Waals surface area (Å²) >= 11 is 1.85. The van der Waals surface area contributed by atoms with E-state index < -0.39 is 0 Å². The van der Waals surface area contributed by atoms with Gasteiger partial charge in [-0.1, -0.05) is 56.6 Å². The van der Waals surface area contributed by atoms with Crippen LogP contribution in [0.1, 0.15) is 65.7 Å². The molecule has 1 heteroatoms. The lowest BCUT2D eigenvalue weighted by atomic mass is 10.2. The Morgan fingerprint density at radius 2 is 1.86 bits per heavy atom. The highest BCUT2D eigenvalue weighted by Crippen LogP contribution is 2.09. The molecule has 0 saturated heterocycles. The molecule has 1 aromatic rings. The third-order valence-electron chi connectivity index (χ3n) is 2.54. The van der Waals surface area contributed by atoms with Crippen LogP contribution in [0.25, 0.3) is 0 Å². The molecule has 0 spiro atoms. The van der Waals surface area contributed by atoms with Crippen molar-refractivity contribution in [1.82, 2.24) is 0 Å². The van der Waals surface area contributed by atoms with E-state index in [-0.39, 0.29) is 0 Å². The lowest BCUT2D eigenvalue weighted by Crippen LogP contribution is -1.71. The van der Waals surface area contributed by atoms with Gasteiger partial charge in [-0.3, -0.25) is 0 Å². The molecule has 0 unspecified atom stereocenters. The third kappa shape index (κ3) is 18.7. The number of aryl methyl sites for hydroxylation is 1. The van der Waals surface area contributed by atoms with Gasteiger partial charge in [0.1, 0.15) is 0 Å². The molecule has 0 nitrogen and oxygen atoms in total. The maximum atomic E-state index is 2.68. The molecule has 0 fully saturated rings. The SMILES string of the molecule is C/C=C\C=C(/C)CCC.CC#CC.CCCc1cccs1. The molecule has 0 bridgehead atoms. The minimum absolute atomic E-state index is 1.23. The fourth-order valence-electron chi connectivity index (χ4n) is 1.44. The Hall–Kier alpha value is -1.26. The van der Waals surface area contributed by atoms with Gasteiger partial charge in [0.05, 0.1) is 0 Å². The van der Waals surface area contributed by atoms with Gasteiger partial charge < -0.3 is 0 Å². The van der Waals surface area contributed by atoms with E-state index in [9.17, 15) is 0 Å². The third-order valence-corrected chi connectivity index (χ3v) is 3.48. The number of thiophene rings is 1. The van der Waals surface area contributed by atoms with Crippen LogP contribution >= 0.6 is 11.3 Å². The van der Waals surface area contributed by atoms with Crippen LogP contribution in [0.4, 0.5) is 0 Å². The molecule has 0 aromatic carbocycles. The van der Waals surface area contributed by atoms with Gasteiger partial charge in [0, 0.05) is 4.88 Å². The Balaban J connectivity index is 0. The van der Waals surface area contributed by atoms with Crippen molar-refractivity contribution in [1.29, 1.82) is 0 Å². The fraction of sp³-hybridized carbons (Fsp3) is 0.500. The molecular formula is C20H32S. The summed E-state index contributed by atoms with van der Waals surface area (Å²) < 4.78 is 0. The molecule has 21 heavy (non-hydrogen) atoms. The lowest BCUT2D eigenvalue weighted by molar-refractivity contribution is 0.906. The zero-order valence-electron chi connectivity index (χ0n) is 14.7. The summed E-state index contributed by atoms with van der Waals surface area (Å²) in [6, 6.07) is 4.30. The predicted molar refractivity (Wildman–Crippen MR) is 101 cm³/mol. The Morgan fingerprint density at radius 3 is 2.24 bits per heavy atom. The predicted octanol–water partition coefficient (Wildman–Crippen LogP) is 7.04. The van der Waals surface area contributed by atoms with E-state index in [0.29, 0.717) is 0 Å². The second-order valence-electron chi connectivity index (χ2n) is 4.62. The Kier molecular flexibility index (Phi) is 19.7. The average molecular weight is 305 g/mol. The van der Waals surface area contributed by atoms with Crippen LogP contribution in [-0.2, 0) is 6.42 Å². The highest BCUT2D eigenvalue weighted by atomic mass is 32.1. The topological polar surface area (TPSA) is 0 Å². The zero-order valence-corrected chi connectivity index (χ0v) is 15.5. The lowest BCUT2D eigenvalue weighted by Gasteiger charge is -1.92. The summed E-state index contributed by atoms with van der Waals surface area (Å²) in [6.45, 7) is 12.3. The average Bonchev–Trinajstić information content (AvgIpc) is 3.00. The van der Waals surface area contributed by atoms with Crippen molar-refractivity contribution in [2.45, 2.75) is 67.2 Å². The molecule has 1 heterocycles. The summed E-state index contributed by atoms with van der Waals surface area (Å²) in [5.74, 6) is 5.36. The maximum absolute atomic E-state index is 2.68. The van der Waals surface area contributed by atoms with Crippen molar-refractivity contribution in [2.75, 3.05) is 0 Å². The Labute approximate surface area is 137 Å². The highest BCUT2D eigenvalue weighted by Gasteiger charge is 1.87. The van der Waals surface area contributed by atoms with Crippen molar-refractivity contribution in [3.8, 4) is 11.8 Å². The van der Waals surface area contributed by atoms with Gasteiger partial charge in [-0.25, -0.2) is 0 Å². The van der Waals surface area contributed by atoms with Gasteiger partial charge in [-0.05, 0) is 52.0 Å². The van der Waals surface area contributed by atoms with Gasteiger partial charge in [-0.15, -0.1) is 23.2 Å². The van der Waals surface area contributed by atoms with Crippen molar-refractivity contribution in [3.05, 3.63) is 46.2 Å². The molecule has 0 atom stereocenters. The van der Waals surface area contributed by atoms with Crippen LogP contribution in [0, 0.1) is 11.8 Å². The first kappa shape index (κ1) is 22.0. The van der Waals surface area contributed by atoms with Crippen LogP contribution in [-0.4, -0.2) is 0 Å². The Bertz CT molecular complexity index is 404. The summed E-state index contributed by atoms with van der Waals surface area (Å²) in [6.07, 6.45) is 11.3. The van der Waals surface area contributed by atoms with Crippen molar-refractivity contribution in [2.24, 2.45) is 0 Å². The Morgan fingerprint density at radius 1 is 1.19 bits per heavy atom. The summed E-state index contributed by atoms with van der Waals surface area (Å²) in [7, 11) is 0. The first-order chi connectivity index (χ1) is 10.2. The summed E-state index contributed by atoms with van der Waals surface area (Å²) in [5.41, 5.74) is 1.47. The molecule has 0 aliphatic heterocycles. The largest absolute Gasteiger partial charge is 0.149 e. The molecule has 0 aliphatic rings. The molecule has 1 aromatic heterocycles. The number of rotatable bonds is 5. The summed E-state index contributed by atoms with van der Waals surface area (Å²) in [5, 5.41) is 2.13. The van der Waals surface area contributed by atoms with Crippen LogP contribution in [0.2, 0.25) is 0 Å². The molecule has 0 amide bonds. The molecule has 0 saturated carbocycles. The van der Waals surface area contributed by atoms with Crippen LogP contribution < -0.4 is 0 Å². The van der Waals surface area contributed by atoms with Crippen LogP contribution in [0.5, 0.6) is 0 Å². The van der Waals surface area contributed by atoms with Crippen molar-refractivity contribution < 1.29 is 0 Å². The zero-order chi connectivity index (χ0) is 16.3. The standard InChI is InChI=1S/C9H16.C7H10S.C4H6/c1-4-6-8-9(3)7-5-2;1-2-4-7-5-3-6-8-7;1-3-4-2/h4,6,8H,5,7H2,1-3H3;3,5-6H,2,4H2,1H3;1-2H3/b6-4-,9-8+;;. The van der Waals surface area contributed by atoms with Crippen LogP contribution in [0.15, 0.2) is 41.3 Å². The van der Waals surface area contributed by atoms with E-state index in [1.54, 1.807) is 0 Å². The minimum Gasteiger partial charge on any atom is -0.149 e. The molecule has 0 radical (unpaired) electrons. The molecule has 1 rings (SSSR count). The van der Waals surface area contributed by atoms with E-state index in [4.69, 9.17) is 0 Å². The number of allylic oxidation sites excluding steroid dienone is 4. The maximum Gasteiger partial charge on any atom is 0.00451 e. The number of hydrogen-bond acceptors (Lipinski definition) is 1. The van der Waals surface area contributed by atoms with Gasteiger partial charge in [0.25, 0.3) is 0 Å². The number of hydrogen-bond donors (Lipinski definition) is 0. The monoisotopic (exact) mass is 304 g/mol. The summed E-state index contributed by atoms with van der Waals surface area (Å²) in [4.78, 5) is 1.51. The normalized spacial score (nSPS) is 9.90. The quantitative estimate of drug-likeness (QED) is 0.404. The van der Waals surface area contributed by atoms with Gasteiger partial charge in [-0.2, -0.15) is 0 Å². The van der Waals surface area contributed by atoms with Crippen LogP contribution in [0.3, 0.4) is 0 Å². The first-order valence-corrected chi connectivity index (χ1v) is 8.68. The minimum atomic E-state index is 1.23. The molecule has 0 aliphatic carbocycles. The second kappa shape index (κ2) is 18.7. The van der Waals surface area contributed by atoms with E-state index in [1.165, 1.54) is 36.1 Å². The van der Waals surface area contributed by atoms with E-state index >= 15 is 0 Å². The molecule has 0 N–H and O–H groups in total. The van der Waals surface area contributed by atoms with E-state index in [0.717, 1.165) is 0 Å². The smallest absolute Gasteiger partial charge is 0.00451 e. The first-order valence-electron chi connectivity index (χ1n) is 7.80. The van der Waals surface area contributed by atoms with Crippen molar-refractivity contribution in [3.63, 3.8) is 0 Å². The van der Waals surface area contributed by atoms with E-state index in [2.05, 4.69) is 68.4 Å². The molecular weight excluding hydrogens is 272 g/mol. The van der Waals surface area contributed by atoms with Gasteiger partial charge in [0.2, 0.25) is 0 Å². The van der Waals surface area contributed by atoms with E-state index in [1.807, 2.05) is 32.1 Å². The van der Waals surface area contributed by atoms with Crippen molar-refractivity contribution >= 4 is 11.3 Å². The highest BCUT2D eigenvalue weighted by molar-refractivity contribution is 7.09. The van der Waals surface area contributed by atoms with Gasteiger partial charge in [0.15, 0.2) is 0 Å². The molecule has 118 valence electrons. The van der Waals surface area contributed by atoms with Gasteiger partial charge >= 0.3 is 0 Å². The second-order valence-corrected chi connectivity index (χ2v) is 5.65.